The molecule has 1 amide bonds. The van der Waals surface area contributed by atoms with E-state index in [0.717, 1.165) is 6.54 Å². The van der Waals surface area contributed by atoms with E-state index < -0.39 is 0 Å². The van der Waals surface area contributed by atoms with Crippen LogP contribution in [0.25, 0.3) is 0 Å². The first-order chi connectivity index (χ1) is 8.74. The summed E-state index contributed by atoms with van der Waals surface area (Å²) in [5.41, 5.74) is 0. The van der Waals surface area contributed by atoms with Crippen LogP contribution in [0.4, 0.5) is 0 Å². The zero-order valence-electron chi connectivity index (χ0n) is 12.6. The van der Waals surface area contributed by atoms with Crippen molar-refractivity contribution < 1.29 is 4.79 Å². The van der Waals surface area contributed by atoms with Crippen LogP contribution in [-0.2, 0) is 4.79 Å². The Morgan fingerprint density at radius 3 is 2.00 bits per heavy atom. The van der Waals surface area contributed by atoms with Gasteiger partial charge < -0.3 is 10.6 Å². The van der Waals surface area contributed by atoms with Crippen LogP contribution in [0.2, 0.25) is 0 Å². The first-order valence-corrected chi connectivity index (χ1v) is 7.68. The highest BCUT2D eigenvalue weighted by Crippen LogP contribution is 2.11. The van der Waals surface area contributed by atoms with Crippen LogP contribution in [0.3, 0.4) is 0 Å². The molecule has 0 aromatic carbocycles. The Bertz CT molecular complexity index is 185. The van der Waals surface area contributed by atoms with Gasteiger partial charge in [0.15, 0.2) is 0 Å². The van der Waals surface area contributed by atoms with Gasteiger partial charge in [-0.25, -0.2) is 0 Å². The van der Waals surface area contributed by atoms with E-state index >= 15 is 0 Å². The Labute approximate surface area is 113 Å². The number of nitrogens with one attached hydrogen (secondary N) is 2. The van der Waals surface area contributed by atoms with Gasteiger partial charge >= 0.3 is 0 Å². The van der Waals surface area contributed by atoms with Crippen molar-refractivity contribution >= 4 is 5.91 Å². The molecule has 0 spiro atoms. The summed E-state index contributed by atoms with van der Waals surface area (Å²) in [6.45, 7) is 5.29. The Morgan fingerprint density at radius 1 is 1.00 bits per heavy atom. The van der Waals surface area contributed by atoms with E-state index in [-0.39, 0.29) is 5.91 Å². The van der Waals surface area contributed by atoms with E-state index in [0.29, 0.717) is 12.5 Å². The van der Waals surface area contributed by atoms with Crippen LogP contribution in [0.1, 0.15) is 71.6 Å². The van der Waals surface area contributed by atoms with Crippen molar-refractivity contribution in [3.63, 3.8) is 0 Å². The molecule has 0 radical (unpaired) electrons. The van der Waals surface area contributed by atoms with Crippen LogP contribution in [0.5, 0.6) is 0 Å². The second-order valence-corrected chi connectivity index (χ2v) is 5.07. The minimum Gasteiger partial charge on any atom is -0.359 e. The molecule has 0 unspecified atom stereocenters. The predicted molar refractivity (Wildman–Crippen MR) is 78.8 cm³/mol. The summed E-state index contributed by atoms with van der Waals surface area (Å²) in [5.74, 6) is 0.128. The van der Waals surface area contributed by atoms with E-state index in [9.17, 15) is 4.79 Å². The topological polar surface area (TPSA) is 41.1 Å². The fourth-order valence-corrected chi connectivity index (χ4v) is 2.14. The third-order valence-electron chi connectivity index (χ3n) is 3.38. The first kappa shape index (κ1) is 17.4. The molecule has 18 heavy (non-hydrogen) atoms. The number of amides is 1. The van der Waals surface area contributed by atoms with Crippen molar-refractivity contribution in [1.29, 1.82) is 0 Å². The van der Waals surface area contributed by atoms with E-state index in [1.54, 1.807) is 7.05 Å². The second kappa shape index (κ2) is 12.9. The lowest BCUT2D eigenvalue weighted by atomic mass is 10.0. The van der Waals surface area contributed by atoms with Crippen LogP contribution < -0.4 is 10.6 Å². The zero-order valence-corrected chi connectivity index (χ0v) is 12.6. The van der Waals surface area contributed by atoms with Crippen LogP contribution in [-0.4, -0.2) is 25.5 Å². The highest BCUT2D eigenvalue weighted by atomic mass is 16.1. The molecule has 0 aromatic heterocycles. The van der Waals surface area contributed by atoms with Crippen LogP contribution in [0, 0.1) is 0 Å². The molecular weight excluding hydrogens is 224 g/mol. The van der Waals surface area contributed by atoms with Gasteiger partial charge in [-0.1, -0.05) is 52.4 Å². The number of unbranched alkanes of at least 4 members (excludes halogenated alkanes) is 4. The summed E-state index contributed by atoms with van der Waals surface area (Å²) >= 11 is 0. The molecule has 0 saturated heterocycles. The fraction of sp³-hybridized carbons (Fsp3) is 0.933. The molecule has 108 valence electrons. The van der Waals surface area contributed by atoms with Crippen LogP contribution >= 0.6 is 0 Å². The van der Waals surface area contributed by atoms with Gasteiger partial charge in [-0.3, -0.25) is 4.79 Å². The first-order valence-electron chi connectivity index (χ1n) is 7.68. The molecule has 0 aliphatic rings. The Morgan fingerprint density at radius 2 is 1.56 bits per heavy atom. The van der Waals surface area contributed by atoms with Crippen molar-refractivity contribution in [2.75, 3.05) is 13.6 Å². The van der Waals surface area contributed by atoms with Gasteiger partial charge in [-0.05, 0) is 12.8 Å². The summed E-state index contributed by atoms with van der Waals surface area (Å²) in [7, 11) is 1.70. The van der Waals surface area contributed by atoms with E-state index in [4.69, 9.17) is 0 Å². The van der Waals surface area contributed by atoms with Crippen LogP contribution in [0.15, 0.2) is 0 Å². The average Bonchev–Trinajstić information content (AvgIpc) is 2.38. The molecule has 0 aliphatic carbocycles. The molecule has 2 N–H and O–H groups in total. The minimum absolute atomic E-state index is 0.128. The quantitative estimate of drug-likeness (QED) is 0.526. The standard InChI is InChI=1S/C15H32N2O/c1-4-6-8-10-14(11-9-7-5-2)17-13-12-15(18)16-3/h14,17H,4-13H2,1-3H3,(H,16,18). The lowest BCUT2D eigenvalue weighted by molar-refractivity contribution is -0.120. The van der Waals surface area contributed by atoms with Gasteiger partial charge in [0.05, 0.1) is 0 Å². The molecule has 3 heteroatoms. The molecule has 3 nitrogen and oxygen atoms in total. The summed E-state index contributed by atoms with van der Waals surface area (Å²) in [5, 5.41) is 6.21. The molecule has 0 aromatic rings. The summed E-state index contributed by atoms with van der Waals surface area (Å²) in [6, 6.07) is 0.604. The summed E-state index contributed by atoms with van der Waals surface area (Å²) < 4.78 is 0. The van der Waals surface area contributed by atoms with Crippen molar-refractivity contribution in [2.24, 2.45) is 0 Å². The van der Waals surface area contributed by atoms with Gasteiger partial charge in [0.25, 0.3) is 0 Å². The number of carbonyl (C=O) groups is 1. The number of rotatable bonds is 12. The van der Waals surface area contributed by atoms with Gasteiger partial charge in [0, 0.05) is 26.1 Å². The maximum atomic E-state index is 11.2. The maximum absolute atomic E-state index is 11.2. The Kier molecular flexibility index (Phi) is 12.5. The van der Waals surface area contributed by atoms with E-state index in [2.05, 4.69) is 24.5 Å². The predicted octanol–water partition coefficient (Wildman–Crippen LogP) is 3.24. The lowest BCUT2D eigenvalue weighted by Gasteiger charge is -2.18. The fourth-order valence-electron chi connectivity index (χ4n) is 2.14. The minimum atomic E-state index is 0.128. The molecule has 0 rings (SSSR count). The van der Waals surface area contributed by atoms with E-state index in [1.807, 2.05) is 0 Å². The summed E-state index contributed by atoms with van der Waals surface area (Å²) in [6.07, 6.45) is 10.9. The monoisotopic (exact) mass is 256 g/mol. The van der Waals surface area contributed by atoms with Gasteiger partial charge in [-0.2, -0.15) is 0 Å². The largest absolute Gasteiger partial charge is 0.359 e. The van der Waals surface area contributed by atoms with Crippen molar-refractivity contribution in [3.8, 4) is 0 Å². The lowest BCUT2D eigenvalue weighted by Crippen LogP contribution is -2.32. The zero-order chi connectivity index (χ0) is 13.6. The molecule has 0 heterocycles. The average molecular weight is 256 g/mol. The van der Waals surface area contributed by atoms with Gasteiger partial charge in [-0.15, -0.1) is 0 Å². The maximum Gasteiger partial charge on any atom is 0.221 e. The number of carbonyl (C=O) groups excluding carboxylic acids is 1. The van der Waals surface area contributed by atoms with Gasteiger partial charge in [0.1, 0.15) is 0 Å². The highest BCUT2D eigenvalue weighted by Gasteiger charge is 2.08. The third kappa shape index (κ3) is 10.6. The molecule has 0 atom stereocenters. The Balaban J connectivity index is 3.76. The molecule has 0 bridgehead atoms. The normalized spacial score (nSPS) is 10.9. The SMILES string of the molecule is CCCCCC(CCCCC)NCCC(=O)NC. The molecule has 0 aliphatic heterocycles. The number of hydrogen-bond donors (Lipinski definition) is 2. The molecule has 0 fully saturated rings. The Hall–Kier alpha value is -0.570. The third-order valence-corrected chi connectivity index (χ3v) is 3.38. The van der Waals surface area contributed by atoms with Crippen molar-refractivity contribution in [2.45, 2.75) is 77.7 Å². The smallest absolute Gasteiger partial charge is 0.221 e. The summed E-state index contributed by atoms with van der Waals surface area (Å²) in [4.78, 5) is 11.2. The van der Waals surface area contributed by atoms with E-state index in [1.165, 1.54) is 51.4 Å². The highest BCUT2D eigenvalue weighted by molar-refractivity contribution is 5.75. The van der Waals surface area contributed by atoms with Crippen molar-refractivity contribution in [3.05, 3.63) is 0 Å². The molecule has 0 saturated carbocycles. The number of hydrogen-bond acceptors (Lipinski definition) is 2. The van der Waals surface area contributed by atoms with Crippen molar-refractivity contribution in [1.82, 2.24) is 10.6 Å². The molecular formula is C15H32N2O. The van der Waals surface area contributed by atoms with Gasteiger partial charge in [0.2, 0.25) is 5.91 Å². The second-order valence-electron chi connectivity index (χ2n) is 5.07.